The Morgan fingerprint density at radius 1 is 0.292 bits per heavy atom. The lowest BCUT2D eigenvalue weighted by atomic mass is 9.84. The van der Waals surface area contributed by atoms with E-state index >= 15 is 0 Å². The van der Waals surface area contributed by atoms with Crippen LogP contribution in [0.25, 0.3) is 110 Å². The van der Waals surface area contributed by atoms with E-state index in [9.17, 15) is 0 Å². The van der Waals surface area contributed by atoms with Crippen molar-refractivity contribution >= 4 is 65.7 Å². The van der Waals surface area contributed by atoms with E-state index < -0.39 is 0 Å². The fourth-order valence-corrected chi connectivity index (χ4v) is 10.0. The summed E-state index contributed by atoms with van der Waals surface area (Å²) in [7, 11) is 0. The summed E-state index contributed by atoms with van der Waals surface area (Å²) >= 11 is 0. The van der Waals surface area contributed by atoms with Crippen molar-refractivity contribution in [3.63, 3.8) is 0 Å². The van der Waals surface area contributed by atoms with Crippen LogP contribution in [0.5, 0.6) is 0 Å². The molecule has 0 saturated carbocycles. The van der Waals surface area contributed by atoms with Crippen molar-refractivity contribution in [2.45, 2.75) is 12.3 Å². The Morgan fingerprint density at radius 3 is 1.20 bits per heavy atom. The van der Waals surface area contributed by atoms with E-state index in [2.05, 4.69) is 205 Å². The summed E-state index contributed by atoms with van der Waals surface area (Å²) < 4.78 is 12.2. The van der Waals surface area contributed by atoms with Crippen LogP contribution in [0.3, 0.4) is 0 Å². The number of benzene rings is 10. The molecule has 0 spiro atoms. The monoisotopic (exact) mass is 831 g/mol. The van der Waals surface area contributed by atoms with Crippen LogP contribution < -0.4 is 0 Å². The summed E-state index contributed by atoms with van der Waals surface area (Å²) in [5.74, 6) is 0.157. The van der Waals surface area contributed by atoms with Crippen molar-refractivity contribution in [1.29, 1.82) is 0 Å². The molecule has 0 amide bonds. The topological polar surface area (TPSA) is 42.1 Å². The minimum atomic E-state index is 0.157. The van der Waals surface area contributed by atoms with E-state index in [0.29, 0.717) is 0 Å². The first-order valence-corrected chi connectivity index (χ1v) is 22.4. The number of furan rings is 2. The van der Waals surface area contributed by atoms with Gasteiger partial charge in [0.05, 0.1) is 0 Å². The molecular formula is C62H41NO2. The Kier molecular flexibility index (Phi) is 8.67. The van der Waals surface area contributed by atoms with Crippen LogP contribution in [0.2, 0.25) is 0 Å². The summed E-state index contributed by atoms with van der Waals surface area (Å²) in [4.78, 5) is 3.57. The van der Waals surface area contributed by atoms with Crippen molar-refractivity contribution < 1.29 is 8.83 Å². The standard InChI is InChI=1S/C62H41NO2/c1-4-10-57-50(7-1)54-36-47(29-32-58(54)63-57)44-23-27-46(28-24-44)53(35-39-13-15-42(16-14-39)48-30-33-61-55(37-48)51-8-2-5-11-59(51)64-61)45-25-21-41(22-26-45)40-17-19-43(20-18-40)49-31-34-62-56(38-49)52-9-3-6-12-60(52)65-62/h1-34,36-38,53,63H,35H2/t53-/m1/s1. The van der Waals surface area contributed by atoms with E-state index in [1.165, 1.54) is 77.5 Å². The van der Waals surface area contributed by atoms with Gasteiger partial charge in [-0.2, -0.15) is 0 Å². The number of fused-ring (bicyclic) bond motifs is 9. The van der Waals surface area contributed by atoms with Crippen LogP contribution in [-0.2, 0) is 6.42 Å². The van der Waals surface area contributed by atoms with Crippen LogP contribution >= 0.6 is 0 Å². The van der Waals surface area contributed by atoms with Gasteiger partial charge in [0.1, 0.15) is 22.3 Å². The highest BCUT2D eigenvalue weighted by molar-refractivity contribution is 6.09. The lowest BCUT2D eigenvalue weighted by molar-refractivity contribution is 0.668. The lowest BCUT2D eigenvalue weighted by Crippen LogP contribution is -2.05. The number of hydrogen-bond acceptors (Lipinski definition) is 2. The van der Waals surface area contributed by atoms with Gasteiger partial charge >= 0.3 is 0 Å². The number of aromatic nitrogens is 1. The zero-order chi connectivity index (χ0) is 42.8. The smallest absolute Gasteiger partial charge is 0.135 e. The van der Waals surface area contributed by atoms with Gasteiger partial charge in [-0.25, -0.2) is 0 Å². The van der Waals surface area contributed by atoms with Gasteiger partial charge in [0.25, 0.3) is 0 Å². The number of aromatic amines is 1. The largest absolute Gasteiger partial charge is 0.456 e. The van der Waals surface area contributed by atoms with Gasteiger partial charge in [0.15, 0.2) is 0 Å². The molecule has 0 aliphatic heterocycles. The second kappa shape index (κ2) is 15.1. The zero-order valence-corrected chi connectivity index (χ0v) is 35.5. The van der Waals surface area contributed by atoms with Gasteiger partial charge in [0.2, 0.25) is 0 Å². The fourth-order valence-electron chi connectivity index (χ4n) is 10.0. The maximum atomic E-state index is 6.12. The lowest BCUT2D eigenvalue weighted by Gasteiger charge is -2.20. The maximum absolute atomic E-state index is 6.12. The minimum Gasteiger partial charge on any atom is -0.456 e. The fraction of sp³-hybridized carbons (Fsp3) is 0.0323. The van der Waals surface area contributed by atoms with Crippen LogP contribution in [0.1, 0.15) is 22.6 Å². The number of rotatable bonds is 8. The summed E-state index contributed by atoms with van der Waals surface area (Å²) in [6.07, 6.45) is 0.872. The van der Waals surface area contributed by atoms with Crippen molar-refractivity contribution in [3.8, 4) is 44.5 Å². The van der Waals surface area contributed by atoms with E-state index in [-0.39, 0.29) is 5.92 Å². The quantitative estimate of drug-likeness (QED) is 0.166. The SMILES string of the molecule is c1ccc2c(c1)[nH]c1ccc(-c3ccc([C@H](Cc4ccc(-c5ccc6oc7ccccc7c6c5)cc4)c4ccc(-c5ccc(-c6ccc7oc8ccccc8c7c6)cc5)cc4)cc3)cc12. The molecule has 0 unspecified atom stereocenters. The van der Waals surface area contributed by atoms with Crippen molar-refractivity contribution in [2.75, 3.05) is 0 Å². The number of H-pyrrole nitrogens is 1. The third-order valence-corrected chi connectivity index (χ3v) is 13.5. The zero-order valence-electron chi connectivity index (χ0n) is 35.5. The summed E-state index contributed by atoms with van der Waals surface area (Å²) in [5.41, 5.74) is 19.4. The predicted octanol–water partition coefficient (Wildman–Crippen LogP) is 17.2. The molecule has 0 bridgehead atoms. The molecule has 3 heteroatoms. The van der Waals surface area contributed by atoms with Crippen LogP contribution in [0.15, 0.2) is 233 Å². The Balaban J connectivity index is 0.811. The highest BCUT2D eigenvalue weighted by atomic mass is 16.3. The number of hydrogen-bond donors (Lipinski definition) is 1. The average molecular weight is 832 g/mol. The first-order valence-electron chi connectivity index (χ1n) is 22.4. The Morgan fingerprint density at radius 2 is 0.662 bits per heavy atom. The van der Waals surface area contributed by atoms with Gasteiger partial charge < -0.3 is 13.8 Å². The first kappa shape index (κ1) is 37.2. The predicted molar refractivity (Wildman–Crippen MR) is 271 cm³/mol. The van der Waals surface area contributed by atoms with Crippen LogP contribution in [0, 0.1) is 0 Å². The van der Waals surface area contributed by atoms with E-state index in [0.717, 1.165) is 55.8 Å². The molecule has 1 atom stereocenters. The average Bonchev–Trinajstić information content (AvgIpc) is 4.07. The molecule has 10 aromatic carbocycles. The number of nitrogens with one attached hydrogen (secondary N) is 1. The molecule has 0 aliphatic carbocycles. The molecule has 3 aromatic heterocycles. The molecular weight excluding hydrogens is 791 g/mol. The second-order valence-corrected chi connectivity index (χ2v) is 17.3. The Bertz CT molecular complexity index is 3890. The van der Waals surface area contributed by atoms with E-state index in [4.69, 9.17) is 8.83 Å². The summed E-state index contributed by atoms with van der Waals surface area (Å²) in [6.45, 7) is 0. The molecule has 1 N–H and O–H groups in total. The highest BCUT2D eigenvalue weighted by Crippen LogP contribution is 2.38. The summed E-state index contributed by atoms with van der Waals surface area (Å²) in [6, 6.07) is 81.3. The molecule has 0 fully saturated rings. The van der Waals surface area contributed by atoms with Gasteiger partial charge in [0, 0.05) is 49.3 Å². The highest BCUT2D eigenvalue weighted by Gasteiger charge is 2.18. The molecule has 0 radical (unpaired) electrons. The van der Waals surface area contributed by atoms with Gasteiger partial charge in [-0.15, -0.1) is 0 Å². The second-order valence-electron chi connectivity index (χ2n) is 17.3. The van der Waals surface area contributed by atoms with E-state index in [1.54, 1.807) is 0 Å². The number of para-hydroxylation sites is 3. The third kappa shape index (κ3) is 6.60. The molecule has 306 valence electrons. The normalized spacial score (nSPS) is 12.3. The van der Waals surface area contributed by atoms with Gasteiger partial charge in [-0.3, -0.25) is 0 Å². The minimum absolute atomic E-state index is 0.157. The van der Waals surface area contributed by atoms with Gasteiger partial charge in [-0.1, -0.05) is 170 Å². The Labute approximate surface area is 375 Å². The van der Waals surface area contributed by atoms with Gasteiger partial charge in [-0.05, 0) is 122 Å². The molecule has 3 heterocycles. The Hall–Kier alpha value is -8.40. The van der Waals surface area contributed by atoms with Crippen LogP contribution in [-0.4, -0.2) is 4.98 Å². The first-order chi connectivity index (χ1) is 32.1. The molecule has 3 nitrogen and oxygen atoms in total. The third-order valence-electron chi connectivity index (χ3n) is 13.5. The summed E-state index contributed by atoms with van der Waals surface area (Å²) in [5, 5.41) is 7.09. The molecule has 13 rings (SSSR count). The maximum Gasteiger partial charge on any atom is 0.135 e. The van der Waals surface area contributed by atoms with Crippen molar-refractivity contribution in [2.24, 2.45) is 0 Å². The molecule has 0 aliphatic rings. The van der Waals surface area contributed by atoms with E-state index in [1.807, 2.05) is 24.3 Å². The van der Waals surface area contributed by atoms with Crippen molar-refractivity contribution in [1.82, 2.24) is 4.98 Å². The van der Waals surface area contributed by atoms with Crippen molar-refractivity contribution in [3.05, 3.63) is 241 Å². The van der Waals surface area contributed by atoms with Crippen LogP contribution in [0.4, 0.5) is 0 Å². The molecule has 0 saturated heterocycles. The molecule has 65 heavy (non-hydrogen) atoms. The molecule has 13 aromatic rings.